The van der Waals surface area contributed by atoms with Crippen molar-refractivity contribution in [1.29, 1.82) is 0 Å². The van der Waals surface area contributed by atoms with Crippen LogP contribution in [0.5, 0.6) is 0 Å². The highest BCUT2D eigenvalue weighted by molar-refractivity contribution is 6.35. The molecule has 6 nitrogen and oxygen atoms in total. The van der Waals surface area contributed by atoms with Crippen LogP contribution in [0.1, 0.15) is 69.9 Å². The standard InChI is InChI=1S/C21H28ClF3N4O2/c1-7-29-18(16(22)17(28-29)19(30)31-8-2)14-10-26-15(9-13(14)12(3)4)27-20(5,6)11-21(23,24)25/h9-10,12H,7-8,11H2,1-6H3,(H,26,27). The van der Waals surface area contributed by atoms with E-state index in [1.807, 2.05) is 20.8 Å². The summed E-state index contributed by atoms with van der Waals surface area (Å²) in [5.41, 5.74) is 0.769. The molecule has 0 spiro atoms. The van der Waals surface area contributed by atoms with E-state index < -0.39 is 24.1 Å². The number of pyridine rings is 1. The Kier molecular flexibility index (Phi) is 7.62. The van der Waals surface area contributed by atoms with E-state index in [4.69, 9.17) is 16.3 Å². The first-order valence-corrected chi connectivity index (χ1v) is 10.5. The predicted octanol–water partition coefficient (Wildman–Crippen LogP) is 6.06. The number of rotatable bonds is 8. The first kappa shape index (κ1) is 25.0. The van der Waals surface area contributed by atoms with Crippen molar-refractivity contribution in [3.8, 4) is 11.3 Å². The van der Waals surface area contributed by atoms with Crippen LogP contribution in [-0.4, -0.2) is 39.1 Å². The van der Waals surface area contributed by atoms with Crippen molar-refractivity contribution in [2.45, 2.75) is 72.1 Å². The Hall–Kier alpha value is -2.29. The molecule has 0 saturated carbocycles. The Bertz CT molecular complexity index is 939. The van der Waals surface area contributed by atoms with E-state index in [2.05, 4.69) is 15.4 Å². The summed E-state index contributed by atoms with van der Waals surface area (Å²) < 4.78 is 45.3. The number of alkyl halides is 3. The number of aryl methyl sites for hydroxylation is 1. The molecule has 2 rings (SSSR count). The van der Waals surface area contributed by atoms with Crippen molar-refractivity contribution in [1.82, 2.24) is 14.8 Å². The molecule has 0 aliphatic heterocycles. The number of nitrogens with one attached hydrogen (secondary N) is 1. The molecule has 0 unspecified atom stereocenters. The molecule has 2 aromatic rings. The van der Waals surface area contributed by atoms with Crippen molar-refractivity contribution < 1.29 is 22.7 Å². The third-order valence-electron chi connectivity index (χ3n) is 4.58. The molecule has 31 heavy (non-hydrogen) atoms. The van der Waals surface area contributed by atoms with Gasteiger partial charge >= 0.3 is 12.1 Å². The molecule has 0 radical (unpaired) electrons. The van der Waals surface area contributed by atoms with E-state index in [-0.39, 0.29) is 23.2 Å². The summed E-state index contributed by atoms with van der Waals surface area (Å²) in [5.74, 6) is -0.287. The van der Waals surface area contributed by atoms with E-state index in [0.717, 1.165) is 5.56 Å². The first-order chi connectivity index (χ1) is 14.3. The third-order valence-corrected chi connectivity index (χ3v) is 4.94. The highest BCUT2D eigenvalue weighted by Crippen LogP contribution is 2.37. The van der Waals surface area contributed by atoms with Gasteiger partial charge in [0.2, 0.25) is 0 Å². The monoisotopic (exact) mass is 460 g/mol. The van der Waals surface area contributed by atoms with Gasteiger partial charge in [0.05, 0.1) is 18.7 Å². The van der Waals surface area contributed by atoms with Crippen molar-refractivity contribution >= 4 is 23.4 Å². The number of ether oxygens (including phenoxy) is 1. The second kappa shape index (κ2) is 9.46. The zero-order valence-corrected chi connectivity index (χ0v) is 19.3. The molecular weight excluding hydrogens is 433 g/mol. The van der Waals surface area contributed by atoms with Gasteiger partial charge in [0, 0.05) is 23.8 Å². The van der Waals surface area contributed by atoms with Crippen LogP contribution < -0.4 is 5.32 Å². The molecule has 0 aliphatic carbocycles. The minimum absolute atomic E-state index is 0.00611. The topological polar surface area (TPSA) is 69.0 Å². The number of halogens is 4. The van der Waals surface area contributed by atoms with Gasteiger partial charge in [0.15, 0.2) is 5.69 Å². The van der Waals surface area contributed by atoms with E-state index >= 15 is 0 Å². The summed E-state index contributed by atoms with van der Waals surface area (Å²) in [6.45, 7) is 11.0. The van der Waals surface area contributed by atoms with Crippen molar-refractivity contribution in [2.24, 2.45) is 0 Å². The molecule has 0 atom stereocenters. The van der Waals surface area contributed by atoms with Gasteiger partial charge in [-0.05, 0) is 45.2 Å². The van der Waals surface area contributed by atoms with Crippen LogP contribution >= 0.6 is 11.6 Å². The maximum atomic E-state index is 12.9. The Morgan fingerprint density at radius 2 is 1.94 bits per heavy atom. The van der Waals surface area contributed by atoms with Crippen LogP contribution in [0.3, 0.4) is 0 Å². The van der Waals surface area contributed by atoms with E-state index in [0.29, 0.717) is 23.6 Å². The minimum Gasteiger partial charge on any atom is -0.461 e. The van der Waals surface area contributed by atoms with Gasteiger partial charge in [-0.25, -0.2) is 9.78 Å². The van der Waals surface area contributed by atoms with Crippen molar-refractivity contribution in [3.05, 3.63) is 28.5 Å². The fourth-order valence-corrected chi connectivity index (χ4v) is 3.68. The van der Waals surface area contributed by atoms with Gasteiger partial charge in [-0.3, -0.25) is 4.68 Å². The van der Waals surface area contributed by atoms with Crippen LogP contribution in [-0.2, 0) is 11.3 Å². The molecule has 0 amide bonds. The average molecular weight is 461 g/mol. The molecule has 172 valence electrons. The molecule has 0 saturated heterocycles. The lowest BCUT2D eigenvalue weighted by Gasteiger charge is -2.28. The fourth-order valence-electron chi connectivity index (χ4n) is 3.36. The Labute approximate surface area is 185 Å². The van der Waals surface area contributed by atoms with Gasteiger partial charge in [0.25, 0.3) is 0 Å². The van der Waals surface area contributed by atoms with Gasteiger partial charge in [-0.1, -0.05) is 25.4 Å². The maximum Gasteiger partial charge on any atom is 0.391 e. The Morgan fingerprint density at radius 1 is 1.29 bits per heavy atom. The minimum atomic E-state index is -4.30. The number of carbonyl (C=O) groups is 1. The van der Waals surface area contributed by atoms with Crippen LogP contribution in [0.4, 0.5) is 19.0 Å². The van der Waals surface area contributed by atoms with E-state index in [1.54, 1.807) is 23.9 Å². The quantitative estimate of drug-likeness (QED) is 0.485. The summed E-state index contributed by atoms with van der Waals surface area (Å²) in [6, 6.07) is 1.71. The summed E-state index contributed by atoms with van der Waals surface area (Å²) in [7, 11) is 0. The van der Waals surface area contributed by atoms with Gasteiger partial charge < -0.3 is 10.1 Å². The highest BCUT2D eigenvalue weighted by Gasteiger charge is 2.37. The zero-order chi connectivity index (χ0) is 23.6. The van der Waals surface area contributed by atoms with Crippen LogP contribution in [0.15, 0.2) is 12.3 Å². The number of hydrogen-bond acceptors (Lipinski definition) is 5. The fraction of sp³-hybridized carbons (Fsp3) is 0.571. The molecule has 0 fully saturated rings. The molecule has 0 bridgehead atoms. The number of anilines is 1. The summed E-state index contributed by atoms with van der Waals surface area (Å²) in [6.07, 6.45) is -3.76. The predicted molar refractivity (Wildman–Crippen MR) is 115 cm³/mol. The molecule has 1 N–H and O–H groups in total. The van der Waals surface area contributed by atoms with E-state index in [9.17, 15) is 18.0 Å². The molecular formula is C21H28ClF3N4O2. The molecule has 2 heterocycles. The van der Waals surface area contributed by atoms with Crippen LogP contribution in [0, 0.1) is 0 Å². The molecule has 0 aliphatic rings. The summed E-state index contributed by atoms with van der Waals surface area (Å²) in [5, 5.41) is 7.31. The van der Waals surface area contributed by atoms with Gasteiger partial charge in [-0.15, -0.1) is 0 Å². The highest BCUT2D eigenvalue weighted by atomic mass is 35.5. The number of hydrogen-bond donors (Lipinski definition) is 1. The van der Waals surface area contributed by atoms with Gasteiger partial charge in [0.1, 0.15) is 10.8 Å². The lowest BCUT2D eigenvalue weighted by molar-refractivity contribution is -0.142. The SMILES string of the molecule is CCOC(=O)c1nn(CC)c(-c2cnc(NC(C)(C)CC(F)(F)F)cc2C(C)C)c1Cl. The van der Waals surface area contributed by atoms with E-state index in [1.165, 1.54) is 13.8 Å². The van der Waals surface area contributed by atoms with Crippen LogP contribution in [0.25, 0.3) is 11.3 Å². The largest absolute Gasteiger partial charge is 0.461 e. The molecule has 10 heteroatoms. The zero-order valence-electron chi connectivity index (χ0n) is 18.5. The second-order valence-electron chi connectivity index (χ2n) is 8.16. The number of esters is 1. The van der Waals surface area contributed by atoms with Gasteiger partial charge in [-0.2, -0.15) is 18.3 Å². The van der Waals surface area contributed by atoms with Crippen LogP contribution in [0.2, 0.25) is 5.02 Å². The van der Waals surface area contributed by atoms with Crippen molar-refractivity contribution in [2.75, 3.05) is 11.9 Å². The average Bonchev–Trinajstić information content (AvgIpc) is 2.96. The summed E-state index contributed by atoms with van der Waals surface area (Å²) in [4.78, 5) is 16.5. The Morgan fingerprint density at radius 3 is 2.45 bits per heavy atom. The van der Waals surface area contributed by atoms with Crippen molar-refractivity contribution in [3.63, 3.8) is 0 Å². The lowest BCUT2D eigenvalue weighted by Crippen LogP contribution is -2.36. The first-order valence-electron chi connectivity index (χ1n) is 10.1. The number of carbonyl (C=O) groups excluding carboxylic acids is 1. The number of aromatic nitrogens is 3. The number of nitrogens with zero attached hydrogens (tertiary/aromatic N) is 3. The summed E-state index contributed by atoms with van der Waals surface area (Å²) >= 11 is 6.52. The lowest BCUT2D eigenvalue weighted by atomic mass is 9.95. The molecule has 2 aromatic heterocycles. The second-order valence-corrected chi connectivity index (χ2v) is 8.54. The maximum absolute atomic E-state index is 12.9. The smallest absolute Gasteiger partial charge is 0.391 e. The normalized spacial score (nSPS) is 12.4. The Balaban J connectivity index is 2.53. The third kappa shape index (κ3) is 6.12. The molecule has 0 aromatic carbocycles.